The first-order valence-electron chi connectivity index (χ1n) is 8.61. The summed E-state index contributed by atoms with van der Waals surface area (Å²) in [4.78, 5) is 30.6. The number of carbonyl (C=O) groups excluding carboxylic acids is 2. The van der Waals surface area contributed by atoms with Gasteiger partial charge >= 0.3 is 0 Å². The zero-order valence-electron chi connectivity index (χ0n) is 14.5. The summed E-state index contributed by atoms with van der Waals surface area (Å²) >= 11 is 1.74. The van der Waals surface area contributed by atoms with E-state index < -0.39 is 0 Å². The summed E-state index contributed by atoms with van der Waals surface area (Å²) in [7, 11) is 0. The Labute approximate surface area is 156 Å². The number of benzene rings is 2. The van der Waals surface area contributed by atoms with Gasteiger partial charge in [-0.25, -0.2) is 4.98 Å². The molecule has 6 heteroatoms. The van der Waals surface area contributed by atoms with Crippen LogP contribution >= 0.6 is 11.8 Å². The maximum atomic E-state index is 12.3. The topological polar surface area (TPSA) is 55.2 Å². The minimum Gasteiger partial charge on any atom is -0.327 e. The van der Waals surface area contributed by atoms with Gasteiger partial charge in [-0.15, -0.1) is 0 Å². The molecule has 0 bridgehead atoms. The van der Waals surface area contributed by atoms with Crippen LogP contribution in [-0.4, -0.2) is 44.3 Å². The van der Waals surface area contributed by atoms with Crippen molar-refractivity contribution in [1.82, 2.24) is 14.5 Å². The molecular formula is C20H19N3O2S. The standard InChI is InChI=1S/C20H19N3O2S/c1-14-21-17-8-4-5-9-18(17)22(14)10-12-26-13-11-23-19(24)15-6-2-3-7-16(15)20(23)25/h2-9H,10-13H2,1H3. The number of carbonyl (C=O) groups is 2. The number of nitrogens with zero attached hydrogens (tertiary/aromatic N) is 3. The lowest BCUT2D eigenvalue weighted by molar-refractivity contribution is 0.0664. The van der Waals surface area contributed by atoms with Crippen molar-refractivity contribution in [3.8, 4) is 0 Å². The minimum absolute atomic E-state index is 0.178. The highest BCUT2D eigenvalue weighted by atomic mass is 32.2. The van der Waals surface area contributed by atoms with Gasteiger partial charge in [-0.1, -0.05) is 24.3 Å². The molecule has 3 aromatic rings. The second-order valence-corrected chi connectivity index (χ2v) is 7.44. The summed E-state index contributed by atoms with van der Waals surface area (Å²) in [6.07, 6.45) is 0. The molecule has 1 aromatic heterocycles. The molecule has 1 aliphatic rings. The van der Waals surface area contributed by atoms with Crippen molar-refractivity contribution in [3.63, 3.8) is 0 Å². The van der Waals surface area contributed by atoms with Gasteiger partial charge in [0, 0.05) is 24.6 Å². The van der Waals surface area contributed by atoms with Crippen molar-refractivity contribution in [2.45, 2.75) is 13.5 Å². The first kappa shape index (κ1) is 16.8. The van der Waals surface area contributed by atoms with Crippen LogP contribution in [0.5, 0.6) is 0 Å². The Morgan fingerprint density at radius 2 is 1.50 bits per heavy atom. The number of hydrogen-bond donors (Lipinski definition) is 0. The van der Waals surface area contributed by atoms with E-state index in [4.69, 9.17) is 0 Å². The van der Waals surface area contributed by atoms with Crippen LogP contribution in [-0.2, 0) is 6.54 Å². The van der Waals surface area contributed by atoms with Crippen LogP contribution in [0.25, 0.3) is 11.0 Å². The van der Waals surface area contributed by atoms with Crippen molar-refractivity contribution < 1.29 is 9.59 Å². The first-order valence-corrected chi connectivity index (χ1v) is 9.77. The fraction of sp³-hybridized carbons (Fsp3) is 0.250. The summed E-state index contributed by atoms with van der Waals surface area (Å²) in [5.41, 5.74) is 3.19. The van der Waals surface area contributed by atoms with Crippen LogP contribution in [0.1, 0.15) is 26.5 Å². The van der Waals surface area contributed by atoms with Crippen LogP contribution in [0.3, 0.4) is 0 Å². The molecule has 5 nitrogen and oxygen atoms in total. The molecule has 2 aromatic carbocycles. The van der Waals surface area contributed by atoms with Crippen LogP contribution in [0, 0.1) is 6.92 Å². The highest BCUT2D eigenvalue weighted by Crippen LogP contribution is 2.23. The fourth-order valence-corrected chi connectivity index (χ4v) is 4.16. The Balaban J connectivity index is 1.32. The smallest absolute Gasteiger partial charge is 0.261 e. The summed E-state index contributed by atoms with van der Waals surface area (Å²) in [5.74, 6) is 2.29. The molecule has 0 radical (unpaired) electrons. The molecule has 0 atom stereocenters. The quantitative estimate of drug-likeness (QED) is 0.496. The maximum absolute atomic E-state index is 12.3. The van der Waals surface area contributed by atoms with Crippen molar-refractivity contribution in [2.75, 3.05) is 18.1 Å². The van der Waals surface area contributed by atoms with Gasteiger partial charge in [-0.2, -0.15) is 11.8 Å². The lowest BCUT2D eigenvalue weighted by Gasteiger charge is -2.13. The third-order valence-electron chi connectivity index (χ3n) is 4.64. The van der Waals surface area contributed by atoms with E-state index in [0.717, 1.165) is 34.9 Å². The first-order chi connectivity index (χ1) is 12.7. The highest BCUT2D eigenvalue weighted by molar-refractivity contribution is 7.99. The summed E-state index contributed by atoms with van der Waals surface area (Å²) in [6, 6.07) is 15.1. The predicted molar refractivity (Wildman–Crippen MR) is 104 cm³/mol. The molecule has 132 valence electrons. The predicted octanol–water partition coefficient (Wildman–Crippen LogP) is 3.37. The minimum atomic E-state index is -0.178. The molecule has 0 fully saturated rings. The van der Waals surface area contributed by atoms with Crippen LogP contribution in [0.2, 0.25) is 0 Å². The van der Waals surface area contributed by atoms with Crippen LogP contribution in [0.15, 0.2) is 48.5 Å². The third-order valence-corrected chi connectivity index (χ3v) is 5.58. The van der Waals surface area contributed by atoms with E-state index in [9.17, 15) is 9.59 Å². The molecular weight excluding hydrogens is 346 g/mol. The number of fused-ring (bicyclic) bond motifs is 2. The van der Waals surface area contributed by atoms with E-state index in [1.54, 1.807) is 36.0 Å². The molecule has 26 heavy (non-hydrogen) atoms. The van der Waals surface area contributed by atoms with E-state index in [2.05, 4.69) is 15.6 Å². The van der Waals surface area contributed by atoms with E-state index in [-0.39, 0.29) is 11.8 Å². The number of hydrogen-bond acceptors (Lipinski definition) is 4. The second-order valence-electron chi connectivity index (χ2n) is 6.22. The van der Waals surface area contributed by atoms with E-state index in [1.807, 2.05) is 25.1 Å². The Morgan fingerprint density at radius 3 is 2.23 bits per heavy atom. The molecule has 0 spiro atoms. The van der Waals surface area contributed by atoms with Crippen molar-refractivity contribution in [1.29, 1.82) is 0 Å². The van der Waals surface area contributed by atoms with Gasteiger partial charge in [0.1, 0.15) is 5.82 Å². The SMILES string of the molecule is Cc1nc2ccccc2n1CCSCCN1C(=O)c2ccccc2C1=O. The molecule has 0 saturated heterocycles. The third kappa shape index (κ3) is 2.90. The molecule has 0 aliphatic carbocycles. The van der Waals surface area contributed by atoms with Crippen molar-refractivity contribution >= 4 is 34.6 Å². The van der Waals surface area contributed by atoms with Gasteiger partial charge in [0.15, 0.2) is 0 Å². The number of aromatic nitrogens is 2. The molecule has 0 unspecified atom stereocenters. The molecule has 1 aliphatic heterocycles. The number of para-hydroxylation sites is 2. The highest BCUT2D eigenvalue weighted by Gasteiger charge is 2.34. The number of amides is 2. The Morgan fingerprint density at radius 1 is 0.885 bits per heavy atom. The van der Waals surface area contributed by atoms with Gasteiger partial charge in [0.05, 0.1) is 22.2 Å². The maximum Gasteiger partial charge on any atom is 0.261 e. The molecule has 0 saturated carbocycles. The molecule has 2 heterocycles. The summed E-state index contributed by atoms with van der Waals surface area (Å²) in [6.45, 7) is 3.32. The number of rotatable bonds is 6. The number of aryl methyl sites for hydroxylation is 2. The van der Waals surface area contributed by atoms with E-state index in [0.29, 0.717) is 17.7 Å². The van der Waals surface area contributed by atoms with Gasteiger partial charge in [-0.05, 0) is 31.2 Å². The Bertz CT molecular complexity index is 961. The average Bonchev–Trinajstić information content (AvgIpc) is 3.10. The number of imidazole rings is 1. The Hall–Kier alpha value is -2.60. The summed E-state index contributed by atoms with van der Waals surface area (Å²) < 4.78 is 2.21. The normalized spacial score (nSPS) is 13.7. The van der Waals surface area contributed by atoms with E-state index >= 15 is 0 Å². The lowest BCUT2D eigenvalue weighted by atomic mass is 10.1. The van der Waals surface area contributed by atoms with Crippen LogP contribution in [0.4, 0.5) is 0 Å². The van der Waals surface area contributed by atoms with Gasteiger partial charge in [0.25, 0.3) is 11.8 Å². The van der Waals surface area contributed by atoms with Crippen molar-refractivity contribution in [2.24, 2.45) is 0 Å². The molecule has 2 amide bonds. The number of imide groups is 1. The largest absolute Gasteiger partial charge is 0.327 e. The van der Waals surface area contributed by atoms with Gasteiger partial charge in [-0.3, -0.25) is 14.5 Å². The van der Waals surface area contributed by atoms with Crippen molar-refractivity contribution in [3.05, 3.63) is 65.5 Å². The van der Waals surface area contributed by atoms with Crippen LogP contribution < -0.4 is 0 Å². The number of thioether (sulfide) groups is 1. The van der Waals surface area contributed by atoms with Gasteiger partial charge < -0.3 is 4.57 Å². The van der Waals surface area contributed by atoms with E-state index in [1.165, 1.54) is 4.90 Å². The van der Waals surface area contributed by atoms with Gasteiger partial charge in [0.2, 0.25) is 0 Å². The monoisotopic (exact) mass is 365 g/mol. The zero-order chi connectivity index (χ0) is 18.1. The fourth-order valence-electron chi connectivity index (χ4n) is 3.33. The summed E-state index contributed by atoms with van der Waals surface area (Å²) in [5, 5.41) is 0. The lowest BCUT2D eigenvalue weighted by Crippen LogP contribution is -2.31. The molecule has 0 N–H and O–H groups in total. The zero-order valence-corrected chi connectivity index (χ0v) is 15.3. The second kappa shape index (κ2) is 6.96. The molecule has 4 rings (SSSR count). The Kier molecular flexibility index (Phi) is 4.51. The average molecular weight is 365 g/mol.